The van der Waals surface area contributed by atoms with Gasteiger partial charge in [0.1, 0.15) is 5.78 Å². The van der Waals surface area contributed by atoms with Crippen molar-refractivity contribution in [3.8, 4) is 0 Å². The van der Waals surface area contributed by atoms with Gasteiger partial charge in [-0.3, -0.25) is 19.6 Å². The van der Waals surface area contributed by atoms with Crippen LogP contribution in [0, 0.1) is 26.9 Å². The number of nitro benzene ring substituents is 1. The lowest BCUT2D eigenvalue weighted by Gasteiger charge is -2.36. The number of carbonyl (C=O) groups is 1. The summed E-state index contributed by atoms with van der Waals surface area (Å²) < 4.78 is 27.6. The fraction of sp³-hybridized carbons (Fsp3) is 0.562. The Morgan fingerprint density at radius 3 is 2.62 bits per heavy atom. The maximum absolute atomic E-state index is 12.6. The van der Waals surface area contributed by atoms with Gasteiger partial charge >= 0.3 is 0 Å². The second kappa shape index (κ2) is 5.27. The van der Waals surface area contributed by atoms with Gasteiger partial charge in [0.15, 0.2) is 0 Å². The van der Waals surface area contributed by atoms with E-state index in [4.69, 9.17) is 0 Å². The molecule has 0 spiro atoms. The molecule has 7 nitrogen and oxygen atoms in total. The van der Waals surface area contributed by atoms with Gasteiger partial charge in [0, 0.05) is 18.6 Å². The predicted molar refractivity (Wildman–Crippen MR) is 89.1 cm³/mol. The molecule has 1 aromatic rings. The van der Waals surface area contributed by atoms with E-state index >= 15 is 0 Å². The molecule has 2 aliphatic carbocycles. The molecule has 2 aliphatic rings. The van der Waals surface area contributed by atoms with E-state index in [0.717, 1.165) is 6.42 Å². The summed E-state index contributed by atoms with van der Waals surface area (Å²) in [5.41, 5.74) is -1.25. The highest BCUT2D eigenvalue weighted by Gasteiger charge is 2.65. The van der Waals surface area contributed by atoms with Crippen molar-refractivity contribution < 1.29 is 18.1 Å². The number of fused-ring (bicyclic) bond motifs is 2. The molecule has 0 heterocycles. The van der Waals surface area contributed by atoms with Crippen molar-refractivity contribution in [2.45, 2.75) is 33.1 Å². The van der Waals surface area contributed by atoms with E-state index in [-0.39, 0.29) is 34.2 Å². The maximum Gasteiger partial charge on any atom is 0.271 e. The monoisotopic (exact) mass is 352 g/mol. The van der Waals surface area contributed by atoms with Crippen molar-refractivity contribution >= 4 is 27.2 Å². The zero-order valence-corrected chi connectivity index (χ0v) is 14.4. The lowest BCUT2D eigenvalue weighted by atomic mass is 9.70. The van der Waals surface area contributed by atoms with Crippen molar-refractivity contribution in [1.82, 2.24) is 0 Å². The zero-order chi connectivity index (χ0) is 17.8. The molecule has 130 valence electrons. The van der Waals surface area contributed by atoms with Gasteiger partial charge in [-0.15, -0.1) is 0 Å². The SMILES string of the molecule is CC1(C)[C@H]2CC[C@]1(CS(=O)(=O)Nc1cccc([N+](=O)[O-])c1)C(=O)C2. The average molecular weight is 352 g/mol. The molecule has 0 unspecified atom stereocenters. The van der Waals surface area contributed by atoms with Crippen molar-refractivity contribution in [3.05, 3.63) is 34.4 Å². The third kappa shape index (κ3) is 2.49. The molecule has 0 amide bonds. The molecule has 2 bridgehead atoms. The minimum absolute atomic E-state index is 0.0215. The Bertz CT molecular complexity index is 818. The number of nitrogens with zero attached hydrogens (tertiary/aromatic N) is 1. The van der Waals surface area contributed by atoms with Crippen LogP contribution in [0.25, 0.3) is 0 Å². The van der Waals surface area contributed by atoms with E-state index < -0.39 is 20.4 Å². The van der Waals surface area contributed by atoms with Crippen LogP contribution in [-0.4, -0.2) is 24.9 Å². The summed E-state index contributed by atoms with van der Waals surface area (Å²) in [7, 11) is -3.80. The van der Waals surface area contributed by atoms with Gasteiger partial charge in [-0.25, -0.2) is 8.42 Å². The lowest BCUT2D eigenvalue weighted by Crippen LogP contribution is -2.43. The smallest absolute Gasteiger partial charge is 0.271 e. The maximum atomic E-state index is 12.6. The molecule has 0 aliphatic heterocycles. The van der Waals surface area contributed by atoms with Crippen molar-refractivity contribution in [1.29, 1.82) is 0 Å². The van der Waals surface area contributed by atoms with E-state index in [1.54, 1.807) is 0 Å². The third-order valence-corrected chi connectivity index (χ3v) is 7.33. The largest absolute Gasteiger partial charge is 0.299 e. The van der Waals surface area contributed by atoms with Crippen LogP contribution in [0.1, 0.15) is 33.1 Å². The number of anilines is 1. The fourth-order valence-electron chi connectivity index (χ4n) is 4.33. The van der Waals surface area contributed by atoms with Crippen LogP contribution in [0.2, 0.25) is 0 Å². The molecule has 1 N–H and O–H groups in total. The van der Waals surface area contributed by atoms with Gasteiger partial charge in [-0.2, -0.15) is 0 Å². The Balaban J connectivity index is 1.86. The van der Waals surface area contributed by atoms with Crippen LogP contribution in [0.4, 0.5) is 11.4 Å². The van der Waals surface area contributed by atoms with Gasteiger partial charge in [0.25, 0.3) is 5.69 Å². The minimum Gasteiger partial charge on any atom is -0.299 e. The zero-order valence-electron chi connectivity index (χ0n) is 13.6. The highest BCUT2D eigenvalue weighted by molar-refractivity contribution is 7.92. The summed E-state index contributed by atoms with van der Waals surface area (Å²) in [6, 6.07) is 5.35. The van der Waals surface area contributed by atoms with Crippen LogP contribution in [0.15, 0.2) is 24.3 Å². The number of Topliss-reactive ketones (excluding diaryl/α,β-unsaturated/α-hetero) is 1. The van der Waals surface area contributed by atoms with Crippen LogP contribution < -0.4 is 4.72 Å². The van der Waals surface area contributed by atoms with Crippen molar-refractivity contribution in [3.63, 3.8) is 0 Å². The van der Waals surface area contributed by atoms with Crippen LogP contribution in [0.5, 0.6) is 0 Å². The molecule has 24 heavy (non-hydrogen) atoms. The number of non-ortho nitro benzene ring substituents is 1. The Hall–Kier alpha value is -1.96. The first-order valence-corrected chi connectivity index (χ1v) is 9.51. The van der Waals surface area contributed by atoms with Crippen LogP contribution in [0.3, 0.4) is 0 Å². The summed E-state index contributed by atoms with van der Waals surface area (Å²) in [5, 5.41) is 10.8. The van der Waals surface area contributed by atoms with E-state index in [2.05, 4.69) is 4.72 Å². The first kappa shape index (κ1) is 16.9. The number of rotatable bonds is 5. The molecule has 0 radical (unpaired) electrons. The summed E-state index contributed by atoms with van der Waals surface area (Å²) in [5.74, 6) is -0.0171. The molecule has 8 heteroatoms. The normalized spacial score (nSPS) is 28.1. The topological polar surface area (TPSA) is 106 Å². The standard InChI is InChI=1S/C16H20N2O5S/c1-15(2)11-6-7-16(15,14(19)8-11)10-24(22,23)17-12-4-3-5-13(9-12)18(20)21/h3-5,9,11,17H,6-8,10H2,1-2H3/t11-,16-/m0/s1. The summed E-state index contributed by atoms with van der Waals surface area (Å²) in [4.78, 5) is 22.7. The molecule has 2 saturated carbocycles. The molecule has 2 atom stereocenters. The van der Waals surface area contributed by atoms with Gasteiger partial charge in [-0.1, -0.05) is 19.9 Å². The van der Waals surface area contributed by atoms with Gasteiger partial charge in [0.05, 0.1) is 21.8 Å². The molecule has 3 rings (SSSR count). The first-order chi connectivity index (χ1) is 11.1. The number of hydrogen-bond acceptors (Lipinski definition) is 5. The number of nitro groups is 1. The Labute approximate surface area is 140 Å². The summed E-state index contributed by atoms with van der Waals surface area (Å²) >= 11 is 0. The summed E-state index contributed by atoms with van der Waals surface area (Å²) in [6.45, 7) is 3.94. The van der Waals surface area contributed by atoms with E-state index in [0.29, 0.717) is 12.8 Å². The van der Waals surface area contributed by atoms with Crippen LogP contribution in [-0.2, 0) is 14.8 Å². The second-order valence-corrected chi connectivity index (χ2v) is 9.06. The molecular formula is C16H20N2O5S. The van der Waals surface area contributed by atoms with E-state index in [9.17, 15) is 23.3 Å². The Kier molecular flexibility index (Phi) is 3.71. The van der Waals surface area contributed by atoms with Gasteiger partial charge in [0.2, 0.25) is 10.0 Å². The number of sulfonamides is 1. The predicted octanol–water partition coefficient (Wildman–Crippen LogP) is 2.73. The van der Waals surface area contributed by atoms with Crippen LogP contribution >= 0.6 is 0 Å². The lowest BCUT2D eigenvalue weighted by molar-refractivity contribution is -0.384. The number of nitrogens with one attached hydrogen (secondary N) is 1. The van der Waals surface area contributed by atoms with E-state index in [1.165, 1.54) is 24.3 Å². The number of ketones is 1. The van der Waals surface area contributed by atoms with Gasteiger partial charge < -0.3 is 0 Å². The summed E-state index contributed by atoms with van der Waals surface area (Å²) in [6.07, 6.45) is 1.89. The molecular weight excluding hydrogens is 332 g/mol. The second-order valence-electron chi connectivity index (χ2n) is 7.34. The molecule has 2 fully saturated rings. The van der Waals surface area contributed by atoms with Crippen molar-refractivity contribution in [2.75, 3.05) is 10.5 Å². The number of carbonyl (C=O) groups excluding carboxylic acids is 1. The van der Waals surface area contributed by atoms with E-state index in [1.807, 2.05) is 13.8 Å². The molecule has 0 aromatic heterocycles. The first-order valence-electron chi connectivity index (χ1n) is 7.86. The highest BCUT2D eigenvalue weighted by Crippen LogP contribution is 2.64. The molecule has 1 aromatic carbocycles. The highest BCUT2D eigenvalue weighted by atomic mass is 32.2. The molecule has 0 saturated heterocycles. The Morgan fingerprint density at radius 1 is 1.38 bits per heavy atom. The minimum atomic E-state index is -3.80. The van der Waals surface area contributed by atoms with Gasteiger partial charge in [-0.05, 0) is 30.2 Å². The Morgan fingerprint density at radius 2 is 2.08 bits per heavy atom. The number of benzene rings is 1. The van der Waals surface area contributed by atoms with Crippen molar-refractivity contribution in [2.24, 2.45) is 16.7 Å². The average Bonchev–Trinajstić information content (AvgIpc) is 2.80. The third-order valence-electron chi connectivity index (χ3n) is 5.91. The fourth-order valence-corrected chi connectivity index (χ4v) is 6.22. The quantitative estimate of drug-likeness (QED) is 0.648. The number of hydrogen-bond donors (Lipinski definition) is 1.